The predicted octanol–water partition coefficient (Wildman–Crippen LogP) is 4.01. The summed E-state index contributed by atoms with van der Waals surface area (Å²) in [6.45, 7) is 1.53. The van der Waals surface area contributed by atoms with E-state index < -0.39 is 0 Å². The first-order chi connectivity index (χ1) is 14.2. The molecule has 0 aliphatic carbocycles. The summed E-state index contributed by atoms with van der Waals surface area (Å²) in [6.07, 6.45) is 3.42. The Kier molecular flexibility index (Phi) is 5.70. The lowest BCUT2D eigenvalue weighted by atomic mass is 9.97. The second-order valence-corrected chi connectivity index (χ2v) is 7.13. The maximum Gasteiger partial charge on any atom is 0.229 e. The van der Waals surface area contributed by atoms with Gasteiger partial charge in [-0.15, -0.1) is 0 Å². The van der Waals surface area contributed by atoms with E-state index in [1.54, 1.807) is 13.4 Å². The molecule has 1 amide bonds. The molecule has 1 saturated heterocycles. The van der Waals surface area contributed by atoms with Crippen LogP contribution in [0.1, 0.15) is 12.8 Å². The van der Waals surface area contributed by atoms with Crippen LogP contribution in [0.5, 0.6) is 5.75 Å². The largest absolute Gasteiger partial charge is 0.497 e. The van der Waals surface area contributed by atoms with Gasteiger partial charge >= 0.3 is 0 Å². The van der Waals surface area contributed by atoms with Crippen LogP contribution < -0.4 is 15.0 Å². The molecule has 2 heterocycles. The fraction of sp³-hybridized carbons (Fsp3) is 0.261. The van der Waals surface area contributed by atoms with Gasteiger partial charge in [0, 0.05) is 30.4 Å². The zero-order valence-electron chi connectivity index (χ0n) is 16.4. The first-order valence-corrected chi connectivity index (χ1v) is 9.80. The van der Waals surface area contributed by atoms with Crippen molar-refractivity contribution in [3.8, 4) is 17.0 Å². The zero-order chi connectivity index (χ0) is 20.1. The fourth-order valence-electron chi connectivity index (χ4n) is 3.60. The zero-order valence-corrected chi connectivity index (χ0v) is 16.4. The number of nitrogens with zero attached hydrogens (tertiary/aromatic N) is 3. The highest BCUT2D eigenvalue weighted by molar-refractivity contribution is 5.93. The van der Waals surface area contributed by atoms with Crippen LogP contribution >= 0.6 is 0 Å². The number of carbonyl (C=O) groups is 1. The SMILES string of the molecule is COc1ccc(NC(=O)C2CCCN(c3cc(-c4ccccc4)ncn3)C2)cc1. The summed E-state index contributed by atoms with van der Waals surface area (Å²) in [6, 6.07) is 19.4. The Balaban J connectivity index is 1.44. The van der Waals surface area contributed by atoms with Crippen LogP contribution in [0.25, 0.3) is 11.3 Å². The summed E-state index contributed by atoms with van der Waals surface area (Å²) >= 11 is 0. The third kappa shape index (κ3) is 4.54. The molecule has 3 aromatic rings. The number of carbonyl (C=O) groups excluding carboxylic acids is 1. The highest BCUT2D eigenvalue weighted by Crippen LogP contribution is 2.26. The molecule has 0 radical (unpaired) electrons. The summed E-state index contributed by atoms with van der Waals surface area (Å²) in [5, 5.41) is 3.02. The number of hydrogen-bond donors (Lipinski definition) is 1. The molecule has 2 aromatic carbocycles. The van der Waals surface area contributed by atoms with Crippen molar-refractivity contribution in [2.75, 3.05) is 30.4 Å². The Hall–Kier alpha value is -3.41. The van der Waals surface area contributed by atoms with Crippen molar-refractivity contribution >= 4 is 17.4 Å². The molecule has 6 nitrogen and oxygen atoms in total. The van der Waals surface area contributed by atoms with Gasteiger partial charge in [-0.1, -0.05) is 30.3 Å². The molecule has 148 valence electrons. The number of anilines is 2. The van der Waals surface area contributed by atoms with Gasteiger partial charge in [0.2, 0.25) is 5.91 Å². The Morgan fingerprint density at radius 1 is 1.10 bits per heavy atom. The maximum absolute atomic E-state index is 12.8. The van der Waals surface area contributed by atoms with Crippen molar-refractivity contribution in [3.63, 3.8) is 0 Å². The van der Waals surface area contributed by atoms with E-state index >= 15 is 0 Å². The van der Waals surface area contributed by atoms with E-state index in [4.69, 9.17) is 4.74 Å². The Morgan fingerprint density at radius 3 is 2.66 bits per heavy atom. The third-order valence-corrected chi connectivity index (χ3v) is 5.20. The molecular formula is C23H24N4O2. The third-order valence-electron chi connectivity index (χ3n) is 5.20. The number of piperidine rings is 1. The minimum Gasteiger partial charge on any atom is -0.497 e. The van der Waals surface area contributed by atoms with E-state index in [2.05, 4.69) is 20.2 Å². The lowest BCUT2D eigenvalue weighted by Gasteiger charge is -2.33. The molecular weight excluding hydrogens is 364 g/mol. The van der Waals surface area contributed by atoms with Crippen LogP contribution in [0, 0.1) is 5.92 Å². The molecule has 0 spiro atoms. The predicted molar refractivity (Wildman–Crippen MR) is 114 cm³/mol. The molecule has 1 aliphatic heterocycles. The van der Waals surface area contributed by atoms with Gasteiger partial charge in [0.15, 0.2) is 0 Å². The van der Waals surface area contributed by atoms with Crippen molar-refractivity contribution < 1.29 is 9.53 Å². The minimum atomic E-state index is -0.0824. The summed E-state index contributed by atoms with van der Waals surface area (Å²) in [4.78, 5) is 23.8. The number of ether oxygens (including phenoxy) is 1. The monoisotopic (exact) mass is 388 g/mol. The average Bonchev–Trinajstić information content (AvgIpc) is 2.80. The average molecular weight is 388 g/mol. The second-order valence-electron chi connectivity index (χ2n) is 7.13. The highest BCUT2D eigenvalue weighted by Gasteiger charge is 2.27. The van der Waals surface area contributed by atoms with Gasteiger partial charge in [0.25, 0.3) is 0 Å². The van der Waals surface area contributed by atoms with Crippen molar-refractivity contribution in [1.29, 1.82) is 0 Å². The normalized spacial score (nSPS) is 16.3. The van der Waals surface area contributed by atoms with E-state index in [1.165, 1.54) is 0 Å². The fourth-order valence-corrected chi connectivity index (χ4v) is 3.60. The smallest absolute Gasteiger partial charge is 0.229 e. The van der Waals surface area contributed by atoms with Crippen molar-refractivity contribution in [3.05, 3.63) is 67.0 Å². The lowest BCUT2D eigenvalue weighted by Crippen LogP contribution is -2.41. The van der Waals surface area contributed by atoms with Gasteiger partial charge in [0.1, 0.15) is 17.9 Å². The van der Waals surface area contributed by atoms with E-state index in [9.17, 15) is 4.79 Å². The van der Waals surface area contributed by atoms with E-state index in [1.807, 2.05) is 60.7 Å². The summed E-state index contributed by atoms with van der Waals surface area (Å²) in [5.41, 5.74) is 2.73. The number of hydrogen-bond acceptors (Lipinski definition) is 5. The molecule has 0 bridgehead atoms. The number of aromatic nitrogens is 2. The molecule has 1 aliphatic rings. The lowest BCUT2D eigenvalue weighted by molar-refractivity contribution is -0.120. The van der Waals surface area contributed by atoms with E-state index in [0.29, 0.717) is 6.54 Å². The van der Waals surface area contributed by atoms with Gasteiger partial charge in [0.05, 0.1) is 18.7 Å². The number of nitrogens with one attached hydrogen (secondary N) is 1. The number of methoxy groups -OCH3 is 1. The summed E-state index contributed by atoms with van der Waals surface area (Å²) in [5.74, 6) is 1.59. The molecule has 29 heavy (non-hydrogen) atoms. The topological polar surface area (TPSA) is 67.3 Å². The highest BCUT2D eigenvalue weighted by atomic mass is 16.5. The molecule has 1 unspecified atom stereocenters. The summed E-state index contributed by atoms with van der Waals surface area (Å²) in [7, 11) is 1.63. The summed E-state index contributed by atoms with van der Waals surface area (Å²) < 4.78 is 5.16. The van der Waals surface area contributed by atoms with Crippen molar-refractivity contribution in [1.82, 2.24) is 9.97 Å². The van der Waals surface area contributed by atoms with Crippen molar-refractivity contribution in [2.24, 2.45) is 5.92 Å². The van der Waals surface area contributed by atoms with Crippen LogP contribution in [-0.2, 0) is 4.79 Å². The second kappa shape index (κ2) is 8.73. The molecule has 6 heteroatoms. The molecule has 0 saturated carbocycles. The number of benzene rings is 2. The molecule has 4 rings (SSSR count). The minimum absolute atomic E-state index is 0.0391. The molecule has 1 atom stereocenters. The van der Waals surface area contributed by atoms with Crippen LogP contribution in [-0.4, -0.2) is 36.1 Å². The Bertz CT molecular complexity index is 960. The van der Waals surface area contributed by atoms with Crippen LogP contribution in [0.15, 0.2) is 67.0 Å². The van der Waals surface area contributed by atoms with Crippen molar-refractivity contribution in [2.45, 2.75) is 12.8 Å². The van der Waals surface area contributed by atoms with Crippen LogP contribution in [0.2, 0.25) is 0 Å². The Morgan fingerprint density at radius 2 is 1.90 bits per heavy atom. The number of amides is 1. The van der Waals surface area contributed by atoms with Crippen LogP contribution in [0.4, 0.5) is 11.5 Å². The standard InChI is InChI=1S/C23H24N4O2/c1-29-20-11-9-19(10-12-20)26-23(28)18-8-5-13-27(15-18)22-14-21(24-16-25-22)17-6-3-2-4-7-17/h2-4,6-7,9-12,14,16,18H,5,8,13,15H2,1H3,(H,26,28). The van der Waals surface area contributed by atoms with E-state index in [0.717, 1.165) is 47.9 Å². The first kappa shape index (κ1) is 18.9. The quantitative estimate of drug-likeness (QED) is 0.715. The molecule has 1 N–H and O–H groups in total. The molecule has 1 fully saturated rings. The van der Waals surface area contributed by atoms with E-state index in [-0.39, 0.29) is 11.8 Å². The molecule has 1 aromatic heterocycles. The van der Waals surface area contributed by atoms with Gasteiger partial charge in [-0.3, -0.25) is 4.79 Å². The maximum atomic E-state index is 12.8. The van der Waals surface area contributed by atoms with Crippen LogP contribution in [0.3, 0.4) is 0 Å². The first-order valence-electron chi connectivity index (χ1n) is 9.80. The van der Waals surface area contributed by atoms with Gasteiger partial charge < -0.3 is 15.0 Å². The van der Waals surface area contributed by atoms with Gasteiger partial charge in [-0.05, 0) is 37.1 Å². The number of rotatable bonds is 5. The van der Waals surface area contributed by atoms with Gasteiger partial charge in [-0.25, -0.2) is 9.97 Å². The Labute approximate surface area is 170 Å². The van der Waals surface area contributed by atoms with Gasteiger partial charge in [-0.2, -0.15) is 0 Å².